The molecule has 21 heavy (non-hydrogen) atoms. The molecule has 0 bridgehead atoms. The monoisotopic (exact) mass is 287 g/mol. The van der Waals surface area contributed by atoms with E-state index in [1.165, 1.54) is 12.1 Å². The maximum absolute atomic E-state index is 14.0. The lowest BCUT2D eigenvalue weighted by atomic mass is 9.79. The minimum atomic E-state index is -0.363. The summed E-state index contributed by atoms with van der Waals surface area (Å²) in [7, 11) is -0.301. The van der Waals surface area contributed by atoms with E-state index in [0.29, 0.717) is 11.1 Å². The summed E-state index contributed by atoms with van der Waals surface area (Å²) in [5.41, 5.74) is 0.370. The molecule has 2 atom stereocenters. The van der Waals surface area contributed by atoms with E-state index in [2.05, 4.69) is 6.07 Å². The lowest BCUT2D eigenvalue weighted by Gasteiger charge is -2.32. The Hall–Kier alpha value is -1.38. The Bertz CT molecular complexity index is 607. The van der Waals surface area contributed by atoms with Gasteiger partial charge in [-0.15, -0.1) is 0 Å². The van der Waals surface area contributed by atoms with Crippen LogP contribution in [0.25, 0.3) is 0 Å². The van der Waals surface area contributed by atoms with E-state index >= 15 is 0 Å². The van der Waals surface area contributed by atoms with Crippen molar-refractivity contribution >= 4 is 7.12 Å². The van der Waals surface area contributed by atoms with Crippen molar-refractivity contribution in [2.45, 2.75) is 57.1 Å². The van der Waals surface area contributed by atoms with Gasteiger partial charge in [-0.1, -0.05) is 0 Å². The molecular formula is C16H19BFNO2. The lowest BCUT2D eigenvalue weighted by Crippen LogP contribution is -2.41. The summed E-state index contributed by atoms with van der Waals surface area (Å²) in [5.74, 6) is -0.0134. The fourth-order valence-electron chi connectivity index (χ4n) is 2.83. The molecule has 0 aromatic heterocycles. The first-order chi connectivity index (χ1) is 9.75. The van der Waals surface area contributed by atoms with Crippen LogP contribution in [-0.4, -0.2) is 18.3 Å². The van der Waals surface area contributed by atoms with Gasteiger partial charge in [0.2, 0.25) is 0 Å². The molecule has 1 heterocycles. The number of hydrogen-bond donors (Lipinski definition) is 0. The van der Waals surface area contributed by atoms with Gasteiger partial charge in [-0.3, -0.25) is 0 Å². The van der Waals surface area contributed by atoms with Crippen molar-refractivity contribution < 1.29 is 13.7 Å². The van der Waals surface area contributed by atoms with E-state index in [9.17, 15) is 4.39 Å². The van der Waals surface area contributed by atoms with Gasteiger partial charge in [-0.05, 0) is 63.8 Å². The molecule has 1 aliphatic heterocycles. The van der Waals surface area contributed by atoms with Crippen molar-refractivity contribution in [3.63, 3.8) is 0 Å². The van der Waals surface area contributed by atoms with Gasteiger partial charge in [-0.25, -0.2) is 4.39 Å². The minimum Gasteiger partial charge on any atom is -0.403 e. The quantitative estimate of drug-likeness (QED) is 0.780. The van der Waals surface area contributed by atoms with Gasteiger partial charge >= 0.3 is 7.12 Å². The van der Waals surface area contributed by atoms with E-state index in [1.807, 2.05) is 27.7 Å². The highest BCUT2D eigenvalue weighted by molar-refractivity contribution is 6.49. The molecule has 2 aliphatic rings. The third-order valence-corrected chi connectivity index (χ3v) is 4.99. The first kappa shape index (κ1) is 14.6. The zero-order valence-electron chi connectivity index (χ0n) is 12.8. The molecule has 1 aliphatic carbocycles. The highest BCUT2D eigenvalue weighted by Gasteiger charge is 2.60. The Morgan fingerprint density at radius 2 is 1.86 bits per heavy atom. The Balaban J connectivity index is 1.78. The van der Waals surface area contributed by atoms with Crippen LogP contribution in [0.3, 0.4) is 0 Å². The second-order valence-corrected chi connectivity index (χ2v) is 6.98. The van der Waals surface area contributed by atoms with Crippen LogP contribution >= 0.6 is 0 Å². The predicted molar refractivity (Wildman–Crippen MR) is 78.3 cm³/mol. The third kappa shape index (κ3) is 2.37. The fraction of sp³-hybridized carbons (Fsp3) is 0.562. The second kappa shape index (κ2) is 4.56. The SMILES string of the molecule is CC1(C)OB(C2CC2c2cc(C#N)ccc2F)OC1(C)C. The molecule has 1 aromatic carbocycles. The van der Waals surface area contributed by atoms with Crippen LogP contribution in [0.5, 0.6) is 0 Å². The standard InChI is InChI=1S/C16H19BFNO2/c1-15(2)16(3,4)21-17(20-15)13-8-11(13)12-7-10(9-19)5-6-14(12)18/h5-7,11,13H,8H2,1-4H3. The highest BCUT2D eigenvalue weighted by Crippen LogP contribution is 2.58. The summed E-state index contributed by atoms with van der Waals surface area (Å²) >= 11 is 0. The third-order valence-electron chi connectivity index (χ3n) is 4.99. The Morgan fingerprint density at radius 3 is 2.43 bits per heavy atom. The Morgan fingerprint density at radius 1 is 1.24 bits per heavy atom. The van der Waals surface area contributed by atoms with Crippen molar-refractivity contribution in [1.29, 1.82) is 5.26 Å². The number of nitriles is 1. The smallest absolute Gasteiger partial charge is 0.403 e. The van der Waals surface area contributed by atoms with Crippen LogP contribution in [0.2, 0.25) is 5.82 Å². The topological polar surface area (TPSA) is 42.2 Å². The second-order valence-electron chi connectivity index (χ2n) is 6.98. The number of rotatable bonds is 2. The molecule has 3 nitrogen and oxygen atoms in total. The van der Waals surface area contributed by atoms with Gasteiger partial charge in [0.15, 0.2) is 0 Å². The molecule has 0 amide bonds. The molecule has 3 rings (SSSR count). The van der Waals surface area contributed by atoms with Gasteiger partial charge in [0.25, 0.3) is 0 Å². The molecule has 2 unspecified atom stereocenters. The Labute approximate surface area is 125 Å². The normalized spacial score (nSPS) is 29.2. The van der Waals surface area contributed by atoms with Crippen LogP contribution < -0.4 is 0 Å². The van der Waals surface area contributed by atoms with Crippen molar-refractivity contribution in [3.05, 3.63) is 35.1 Å². The first-order valence-electron chi connectivity index (χ1n) is 7.30. The molecule has 1 saturated carbocycles. The van der Waals surface area contributed by atoms with Crippen molar-refractivity contribution in [2.24, 2.45) is 0 Å². The minimum absolute atomic E-state index is 0.0769. The highest BCUT2D eigenvalue weighted by atomic mass is 19.1. The number of hydrogen-bond acceptors (Lipinski definition) is 3. The van der Waals surface area contributed by atoms with Crippen LogP contribution in [0, 0.1) is 17.1 Å². The van der Waals surface area contributed by atoms with E-state index in [0.717, 1.165) is 6.42 Å². The molecule has 110 valence electrons. The van der Waals surface area contributed by atoms with Crippen LogP contribution in [0.1, 0.15) is 51.2 Å². The average molecular weight is 287 g/mol. The number of halogens is 1. The van der Waals surface area contributed by atoms with Gasteiger partial charge in [0.1, 0.15) is 5.82 Å². The number of nitrogens with zero attached hydrogens (tertiary/aromatic N) is 1. The Kier molecular flexibility index (Phi) is 3.16. The first-order valence-corrected chi connectivity index (χ1v) is 7.30. The maximum atomic E-state index is 14.0. The molecule has 0 radical (unpaired) electrons. The molecule has 2 fully saturated rings. The van der Waals surface area contributed by atoms with Gasteiger partial charge in [0, 0.05) is 5.82 Å². The molecule has 0 spiro atoms. The molecular weight excluding hydrogens is 268 g/mol. The summed E-state index contributed by atoms with van der Waals surface area (Å²) in [5, 5.41) is 8.95. The van der Waals surface area contributed by atoms with Crippen molar-refractivity contribution in [1.82, 2.24) is 0 Å². The van der Waals surface area contributed by atoms with Crippen LogP contribution in [0.15, 0.2) is 18.2 Å². The summed E-state index contributed by atoms with van der Waals surface area (Å²) < 4.78 is 26.0. The van der Waals surface area contributed by atoms with Crippen LogP contribution in [0.4, 0.5) is 4.39 Å². The lowest BCUT2D eigenvalue weighted by molar-refractivity contribution is 0.00578. The summed E-state index contributed by atoms with van der Waals surface area (Å²) in [4.78, 5) is 0. The summed E-state index contributed by atoms with van der Waals surface area (Å²) in [6, 6.07) is 6.58. The fourth-order valence-corrected chi connectivity index (χ4v) is 2.83. The maximum Gasteiger partial charge on any atom is 0.461 e. The van der Waals surface area contributed by atoms with Crippen LogP contribution in [-0.2, 0) is 9.31 Å². The van der Waals surface area contributed by atoms with E-state index < -0.39 is 0 Å². The zero-order valence-corrected chi connectivity index (χ0v) is 12.8. The summed E-state index contributed by atoms with van der Waals surface area (Å²) in [6.45, 7) is 8.06. The van der Waals surface area contributed by atoms with Gasteiger partial charge < -0.3 is 9.31 Å². The van der Waals surface area contributed by atoms with Gasteiger partial charge in [0.05, 0.1) is 22.8 Å². The van der Waals surface area contributed by atoms with E-state index in [-0.39, 0.29) is 35.9 Å². The molecule has 5 heteroatoms. The van der Waals surface area contributed by atoms with E-state index in [4.69, 9.17) is 14.6 Å². The number of benzene rings is 1. The largest absolute Gasteiger partial charge is 0.461 e. The molecule has 0 N–H and O–H groups in total. The van der Waals surface area contributed by atoms with Crippen molar-refractivity contribution in [3.8, 4) is 6.07 Å². The molecule has 1 aromatic rings. The molecule has 1 saturated heterocycles. The zero-order chi connectivity index (χ0) is 15.4. The van der Waals surface area contributed by atoms with Crippen molar-refractivity contribution in [2.75, 3.05) is 0 Å². The predicted octanol–water partition coefficient (Wildman–Crippen LogP) is 3.65. The van der Waals surface area contributed by atoms with Gasteiger partial charge in [-0.2, -0.15) is 5.26 Å². The van der Waals surface area contributed by atoms with E-state index in [1.54, 1.807) is 6.07 Å². The summed E-state index contributed by atoms with van der Waals surface area (Å²) in [6.07, 6.45) is 0.836. The average Bonchev–Trinajstić information content (AvgIpc) is 3.14.